The van der Waals surface area contributed by atoms with E-state index in [1.54, 1.807) is 19.2 Å². The molecule has 0 spiro atoms. The Hall–Kier alpha value is -1.62. The molecule has 0 amide bonds. The van der Waals surface area contributed by atoms with Crippen molar-refractivity contribution in [3.8, 4) is 0 Å². The molecule has 128 valence electrons. The van der Waals surface area contributed by atoms with Crippen LogP contribution in [0.25, 0.3) is 5.57 Å². The third-order valence-corrected chi connectivity index (χ3v) is 6.05. The molecule has 0 saturated carbocycles. The third kappa shape index (κ3) is 4.69. The number of allylic oxidation sites excluding steroid dienone is 1. The molecule has 0 aromatic heterocycles. The maximum absolute atomic E-state index is 12.5. The summed E-state index contributed by atoms with van der Waals surface area (Å²) in [5.41, 5.74) is 3.23. The number of aryl methyl sites for hydroxylation is 1. The van der Waals surface area contributed by atoms with Gasteiger partial charge in [0.25, 0.3) is 0 Å². The first-order chi connectivity index (χ1) is 11.3. The molecule has 0 saturated heterocycles. The van der Waals surface area contributed by atoms with Crippen LogP contribution in [0.4, 0.5) is 0 Å². The molecule has 2 aromatic rings. The molecule has 0 aliphatic carbocycles. The van der Waals surface area contributed by atoms with Crippen molar-refractivity contribution in [3.05, 3.63) is 70.8 Å². The van der Waals surface area contributed by atoms with Gasteiger partial charge in [-0.25, -0.2) is 12.7 Å². The maximum Gasteiger partial charge on any atom is 0.242 e. The van der Waals surface area contributed by atoms with Crippen LogP contribution in [0.5, 0.6) is 0 Å². The lowest BCUT2D eigenvalue weighted by atomic mass is 10.1. The number of benzene rings is 2. The van der Waals surface area contributed by atoms with E-state index in [2.05, 4.69) is 0 Å². The van der Waals surface area contributed by atoms with Crippen LogP contribution in [0, 0.1) is 6.92 Å². The predicted molar refractivity (Wildman–Crippen MR) is 101 cm³/mol. The number of halogens is 1. The SMILES string of the molecule is C/C(=C\CCN(C)S(=O)(=O)c1ccc(C)cc1)c1ccc(Cl)cc1. The molecule has 0 atom stereocenters. The van der Waals surface area contributed by atoms with Gasteiger partial charge in [-0.3, -0.25) is 0 Å². The van der Waals surface area contributed by atoms with E-state index in [4.69, 9.17) is 11.6 Å². The van der Waals surface area contributed by atoms with Gasteiger partial charge in [-0.05, 0) is 55.7 Å². The second kappa shape index (κ2) is 7.97. The molecule has 0 aliphatic rings. The first kappa shape index (κ1) is 18.7. The Kier molecular flexibility index (Phi) is 6.21. The van der Waals surface area contributed by atoms with Crippen LogP contribution >= 0.6 is 11.6 Å². The van der Waals surface area contributed by atoms with Crippen LogP contribution in [0.3, 0.4) is 0 Å². The lowest BCUT2D eigenvalue weighted by Crippen LogP contribution is -2.27. The van der Waals surface area contributed by atoms with E-state index in [-0.39, 0.29) is 0 Å². The topological polar surface area (TPSA) is 37.4 Å². The van der Waals surface area contributed by atoms with E-state index in [9.17, 15) is 8.42 Å². The second-order valence-corrected chi connectivity index (χ2v) is 8.30. The molecule has 2 aromatic carbocycles. The number of sulfonamides is 1. The van der Waals surface area contributed by atoms with Crippen molar-refractivity contribution in [2.24, 2.45) is 0 Å². The summed E-state index contributed by atoms with van der Waals surface area (Å²) in [6, 6.07) is 14.5. The van der Waals surface area contributed by atoms with Crippen LogP contribution in [0.1, 0.15) is 24.5 Å². The summed E-state index contributed by atoms with van der Waals surface area (Å²) in [4.78, 5) is 0.328. The molecule has 0 unspecified atom stereocenters. The summed E-state index contributed by atoms with van der Waals surface area (Å²) >= 11 is 5.89. The molecule has 3 nitrogen and oxygen atoms in total. The number of rotatable bonds is 6. The summed E-state index contributed by atoms with van der Waals surface area (Å²) in [6.07, 6.45) is 2.69. The van der Waals surface area contributed by atoms with Crippen LogP contribution in [0.2, 0.25) is 5.02 Å². The predicted octanol–water partition coefficient (Wildman–Crippen LogP) is 4.76. The molecule has 2 rings (SSSR count). The average Bonchev–Trinajstić information content (AvgIpc) is 2.55. The van der Waals surface area contributed by atoms with E-state index >= 15 is 0 Å². The van der Waals surface area contributed by atoms with Gasteiger partial charge in [-0.2, -0.15) is 0 Å². The Morgan fingerprint density at radius 2 is 1.67 bits per heavy atom. The van der Waals surface area contributed by atoms with Crippen molar-refractivity contribution in [1.82, 2.24) is 4.31 Å². The van der Waals surface area contributed by atoms with Crippen LogP contribution in [-0.2, 0) is 10.0 Å². The van der Waals surface area contributed by atoms with Crippen molar-refractivity contribution in [3.63, 3.8) is 0 Å². The Morgan fingerprint density at radius 3 is 2.25 bits per heavy atom. The molecular formula is C19H22ClNO2S. The van der Waals surface area contributed by atoms with Gasteiger partial charge in [0.15, 0.2) is 0 Å². The zero-order valence-corrected chi connectivity index (χ0v) is 15.7. The first-order valence-corrected chi connectivity index (χ1v) is 9.58. The highest BCUT2D eigenvalue weighted by atomic mass is 35.5. The van der Waals surface area contributed by atoms with Crippen molar-refractivity contribution in [2.45, 2.75) is 25.2 Å². The van der Waals surface area contributed by atoms with E-state index in [0.717, 1.165) is 16.7 Å². The molecule has 0 heterocycles. The summed E-state index contributed by atoms with van der Waals surface area (Å²) < 4.78 is 26.4. The molecule has 0 radical (unpaired) electrons. The minimum absolute atomic E-state index is 0.328. The first-order valence-electron chi connectivity index (χ1n) is 7.76. The lowest BCUT2D eigenvalue weighted by Gasteiger charge is -2.16. The fourth-order valence-corrected chi connectivity index (χ4v) is 3.62. The van der Waals surface area contributed by atoms with Gasteiger partial charge in [0.2, 0.25) is 10.0 Å². The smallest absolute Gasteiger partial charge is 0.207 e. The number of hydrogen-bond donors (Lipinski definition) is 0. The summed E-state index contributed by atoms with van der Waals surface area (Å²) in [5.74, 6) is 0. The standard InChI is InChI=1S/C19H22ClNO2S/c1-15-6-12-19(13-7-15)24(22,23)21(3)14-4-5-16(2)17-8-10-18(20)11-9-17/h5-13H,4,14H2,1-3H3/b16-5+. The van der Waals surface area contributed by atoms with Gasteiger partial charge < -0.3 is 0 Å². The van der Waals surface area contributed by atoms with Crippen LogP contribution < -0.4 is 0 Å². The highest BCUT2D eigenvalue weighted by Crippen LogP contribution is 2.19. The van der Waals surface area contributed by atoms with Crippen LogP contribution in [-0.4, -0.2) is 26.3 Å². The molecular weight excluding hydrogens is 342 g/mol. The highest BCUT2D eigenvalue weighted by molar-refractivity contribution is 7.89. The Labute approximate surface area is 149 Å². The largest absolute Gasteiger partial charge is 0.242 e. The van der Waals surface area contributed by atoms with Crippen LogP contribution in [0.15, 0.2) is 59.5 Å². The Bertz CT molecular complexity index is 809. The monoisotopic (exact) mass is 363 g/mol. The number of nitrogens with zero attached hydrogens (tertiary/aromatic N) is 1. The molecule has 24 heavy (non-hydrogen) atoms. The quantitative estimate of drug-likeness (QED) is 0.741. The normalized spacial score (nSPS) is 12.6. The zero-order valence-electron chi connectivity index (χ0n) is 14.2. The minimum atomic E-state index is -3.44. The molecule has 0 aliphatic heterocycles. The number of hydrogen-bond acceptors (Lipinski definition) is 2. The summed E-state index contributed by atoms with van der Waals surface area (Å²) in [7, 11) is -1.83. The minimum Gasteiger partial charge on any atom is -0.207 e. The van der Waals surface area contributed by atoms with E-state index < -0.39 is 10.0 Å². The van der Waals surface area contributed by atoms with Crippen molar-refractivity contribution >= 4 is 27.2 Å². The van der Waals surface area contributed by atoms with Gasteiger partial charge >= 0.3 is 0 Å². The maximum atomic E-state index is 12.5. The van der Waals surface area contributed by atoms with Crippen molar-refractivity contribution in [1.29, 1.82) is 0 Å². The van der Waals surface area contributed by atoms with E-state index in [1.807, 2.05) is 56.3 Å². The second-order valence-electron chi connectivity index (χ2n) is 5.82. The van der Waals surface area contributed by atoms with E-state index in [1.165, 1.54) is 4.31 Å². The van der Waals surface area contributed by atoms with Gasteiger partial charge in [0.05, 0.1) is 4.90 Å². The molecule has 5 heteroatoms. The Morgan fingerprint density at radius 1 is 1.08 bits per heavy atom. The van der Waals surface area contributed by atoms with Gasteiger partial charge in [0.1, 0.15) is 0 Å². The molecule has 0 N–H and O–H groups in total. The van der Waals surface area contributed by atoms with Gasteiger partial charge in [0, 0.05) is 18.6 Å². The third-order valence-electron chi connectivity index (χ3n) is 3.92. The lowest BCUT2D eigenvalue weighted by molar-refractivity contribution is 0.475. The van der Waals surface area contributed by atoms with E-state index in [0.29, 0.717) is 22.9 Å². The van der Waals surface area contributed by atoms with Gasteiger partial charge in [-0.1, -0.05) is 47.5 Å². The average molecular weight is 364 g/mol. The van der Waals surface area contributed by atoms with Crippen molar-refractivity contribution in [2.75, 3.05) is 13.6 Å². The molecule has 0 bridgehead atoms. The fraction of sp³-hybridized carbons (Fsp3) is 0.263. The van der Waals surface area contributed by atoms with Crippen molar-refractivity contribution < 1.29 is 8.42 Å². The zero-order chi connectivity index (χ0) is 17.7. The molecule has 0 fully saturated rings. The fourth-order valence-electron chi connectivity index (χ4n) is 2.30. The summed E-state index contributed by atoms with van der Waals surface area (Å²) in [5, 5.41) is 0.704. The Balaban J connectivity index is 2.01. The highest BCUT2D eigenvalue weighted by Gasteiger charge is 2.19. The van der Waals surface area contributed by atoms with Gasteiger partial charge in [-0.15, -0.1) is 0 Å². The summed E-state index contributed by atoms with van der Waals surface area (Å²) in [6.45, 7) is 4.38.